The van der Waals surface area contributed by atoms with Crippen LogP contribution in [-0.2, 0) is 11.3 Å². The van der Waals surface area contributed by atoms with Crippen molar-refractivity contribution in [3.8, 4) is 0 Å². The highest BCUT2D eigenvalue weighted by atomic mass is 19.4. The van der Waals surface area contributed by atoms with Crippen molar-refractivity contribution >= 4 is 6.09 Å². The molecule has 1 aliphatic rings. The molecule has 0 bridgehead atoms. The Morgan fingerprint density at radius 2 is 2.00 bits per heavy atom. The Labute approximate surface area is 114 Å². The van der Waals surface area contributed by atoms with Crippen molar-refractivity contribution in [3.05, 3.63) is 35.9 Å². The summed E-state index contributed by atoms with van der Waals surface area (Å²) < 4.78 is 42.9. The predicted octanol–water partition coefficient (Wildman–Crippen LogP) is 2.06. The molecule has 1 fully saturated rings. The molecule has 1 amide bonds. The molecule has 1 saturated heterocycles. The molecule has 1 aromatic rings. The number of alkyl carbamates (subject to hydrolysis) is 1. The first-order chi connectivity index (χ1) is 9.47. The standard InChI is InChI=1S/C13H15F3N2O2/c14-13(15,16)10-6-17-7-11(10)18-12(19)20-8-9-4-2-1-3-5-9/h1-5,10-11,17H,6-8H2,(H,18,19). The maximum atomic E-state index is 12.7. The average molecular weight is 288 g/mol. The molecule has 0 spiro atoms. The second-order valence-electron chi connectivity index (χ2n) is 4.62. The second kappa shape index (κ2) is 6.13. The smallest absolute Gasteiger partial charge is 0.407 e. The third kappa shape index (κ3) is 3.86. The van der Waals surface area contributed by atoms with E-state index in [1.807, 2.05) is 6.07 Å². The molecule has 110 valence electrons. The monoisotopic (exact) mass is 288 g/mol. The number of carbonyl (C=O) groups is 1. The topological polar surface area (TPSA) is 50.4 Å². The van der Waals surface area contributed by atoms with E-state index >= 15 is 0 Å². The molecule has 2 rings (SSSR count). The third-order valence-electron chi connectivity index (χ3n) is 3.15. The van der Waals surface area contributed by atoms with Crippen molar-refractivity contribution in [1.29, 1.82) is 0 Å². The van der Waals surface area contributed by atoms with Crippen LogP contribution in [0.5, 0.6) is 0 Å². The number of alkyl halides is 3. The Morgan fingerprint density at radius 1 is 1.30 bits per heavy atom. The number of ether oxygens (including phenoxy) is 1. The summed E-state index contributed by atoms with van der Waals surface area (Å²) in [7, 11) is 0. The number of hydrogen-bond donors (Lipinski definition) is 2. The number of benzene rings is 1. The van der Waals surface area contributed by atoms with Crippen LogP contribution in [0.3, 0.4) is 0 Å². The van der Waals surface area contributed by atoms with Crippen molar-refractivity contribution in [2.75, 3.05) is 13.1 Å². The van der Waals surface area contributed by atoms with Crippen LogP contribution < -0.4 is 10.6 Å². The molecule has 2 unspecified atom stereocenters. The van der Waals surface area contributed by atoms with Crippen LogP contribution >= 0.6 is 0 Å². The molecular weight excluding hydrogens is 273 g/mol. The molecule has 20 heavy (non-hydrogen) atoms. The largest absolute Gasteiger partial charge is 0.445 e. The fraction of sp³-hybridized carbons (Fsp3) is 0.462. The van der Waals surface area contributed by atoms with Crippen molar-refractivity contribution in [2.45, 2.75) is 18.8 Å². The van der Waals surface area contributed by atoms with E-state index in [1.54, 1.807) is 24.3 Å². The number of hydrogen-bond acceptors (Lipinski definition) is 3. The van der Waals surface area contributed by atoms with Crippen molar-refractivity contribution < 1.29 is 22.7 Å². The average Bonchev–Trinajstić information content (AvgIpc) is 2.86. The van der Waals surface area contributed by atoms with E-state index in [-0.39, 0.29) is 19.7 Å². The van der Waals surface area contributed by atoms with Crippen LogP contribution in [-0.4, -0.2) is 31.4 Å². The molecule has 4 nitrogen and oxygen atoms in total. The maximum absolute atomic E-state index is 12.7. The molecule has 2 atom stereocenters. The fourth-order valence-corrected chi connectivity index (χ4v) is 2.09. The van der Waals surface area contributed by atoms with E-state index in [0.29, 0.717) is 0 Å². The van der Waals surface area contributed by atoms with Crippen LogP contribution in [0.25, 0.3) is 0 Å². The maximum Gasteiger partial charge on any atom is 0.407 e. The van der Waals surface area contributed by atoms with Gasteiger partial charge >= 0.3 is 12.3 Å². The summed E-state index contributed by atoms with van der Waals surface area (Å²) in [5, 5.41) is 4.88. The van der Waals surface area contributed by atoms with Crippen molar-refractivity contribution in [1.82, 2.24) is 10.6 Å². The highest BCUT2D eigenvalue weighted by molar-refractivity contribution is 5.67. The Balaban J connectivity index is 1.82. The molecule has 0 saturated carbocycles. The van der Waals surface area contributed by atoms with Gasteiger partial charge in [0, 0.05) is 13.1 Å². The number of halogens is 3. The van der Waals surface area contributed by atoms with Gasteiger partial charge in [0.2, 0.25) is 0 Å². The van der Waals surface area contributed by atoms with Gasteiger partial charge in [-0.1, -0.05) is 30.3 Å². The first kappa shape index (κ1) is 14.6. The first-order valence-electron chi connectivity index (χ1n) is 6.21. The van der Waals surface area contributed by atoms with E-state index < -0.39 is 24.2 Å². The lowest BCUT2D eigenvalue weighted by molar-refractivity contribution is -0.173. The molecule has 2 N–H and O–H groups in total. The highest BCUT2D eigenvalue weighted by Crippen LogP contribution is 2.30. The quantitative estimate of drug-likeness (QED) is 0.895. The summed E-state index contributed by atoms with van der Waals surface area (Å²) in [5.74, 6) is -1.58. The van der Waals surface area contributed by atoms with Crippen LogP contribution in [0.1, 0.15) is 5.56 Å². The summed E-state index contributed by atoms with van der Waals surface area (Å²) in [6.45, 7) is -0.0682. The Bertz CT molecular complexity index is 451. The van der Waals surface area contributed by atoms with E-state index in [0.717, 1.165) is 5.56 Å². The molecule has 1 heterocycles. The van der Waals surface area contributed by atoms with Gasteiger partial charge in [0.25, 0.3) is 0 Å². The summed E-state index contributed by atoms with van der Waals surface area (Å²) >= 11 is 0. The lowest BCUT2D eigenvalue weighted by atomic mass is 10.0. The lowest BCUT2D eigenvalue weighted by Crippen LogP contribution is -2.45. The summed E-state index contributed by atoms with van der Waals surface area (Å²) in [4.78, 5) is 11.5. The van der Waals surface area contributed by atoms with E-state index in [2.05, 4.69) is 10.6 Å². The van der Waals surface area contributed by atoms with Crippen LogP contribution in [0.2, 0.25) is 0 Å². The molecule has 7 heteroatoms. The zero-order valence-electron chi connectivity index (χ0n) is 10.6. The Morgan fingerprint density at radius 3 is 2.65 bits per heavy atom. The molecule has 0 aromatic heterocycles. The Hall–Kier alpha value is -1.76. The summed E-state index contributed by atoms with van der Waals surface area (Å²) in [5.41, 5.74) is 0.777. The van der Waals surface area contributed by atoms with Gasteiger partial charge in [-0.25, -0.2) is 4.79 Å². The normalized spacial score (nSPS) is 22.6. The first-order valence-corrected chi connectivity index (χ1v) is 6.21. The molecule has 0 aliphatic carbocycles. The number of carbonyl (C=O) groups excluding carboxylic acids is 1. The van der Waals surface area contributed by atoms with Gasteiger partial charge in [-0.05, 0) is 5.56 Å². The second-order valence-corrected chi connectivity index (χ2v) is 4.62. The van der Waals surface area contributed by atoms with Gasteiger partial charge in [0.1, 0.15) is 6.61 Å². The number of nitrogens with one attached hydrogen (secondary N) is 2. The number of amides is 1. The summed E-state index contributed by atoms with van der Waals surface area (Å²) in [6.07, 6.45) is -5.17. The molecule has 1 aromatic carbocycles. The van der Waals surface area contributed by atoms with Crippen LogP contribution in [0, 0.1) is 5.92 Å². The minimum absolute atomic E-state index is 0.0313. The molecule has 1 aliphatic heterocycles. The highest BCUT2D eigenvalue weighted by Gasteiger charge is 2.47. The molecule has 0 radical (unpaired) electrons. The fourth-order valence-electron chi connectivity index (χ4n) is 2.09. The van der Waals surface area contributed by atoms with Crippen LogP contribution in [0.15, 0.2) is 30.3 Å². The van der Waals surface area contributed by atoms with Gasteiger partial charge in [0.05, 0.1) is 12.0 Å². The zero-order chi connectivity index (χ0) is 14.6. The number of rotatable bonds is 3. The molecular formula is C13H15F3N2O2. The van der Waals surface area contributed by atoms with Crippen molar-refractivity contribution in [2.24, 2.45) is 5.92 Å². The van der Waals surface area contributed by atoms with Gasteiger partial charge < -0.3 is 15.4 Å². The lowest BCUT2D eigenvalue weighted by Gasteiger charge is -2.21. The van der Waals surface area contributed by atoms with E-state index in [1.165, 1.54) is 0 Å². The third-order valence-corrected chi connectivity index (χ3v) is 3.15. The van der Waals surface area contributed by atoms with Crippen molar-refractivity contribution in [3.63, 3.8) is 0 Å². The zero-order valence-corrected chi connectivity index (χ0v) is 10.6. The van der Waals surface area contributed by atoms with E-state index in [9.17, 15) is 18.0 Å². The SMILES string of the molecule is O=C(NC1CNCC1C(F)(F)F)OCc1ccccc1. The van der Waals surface area contributed by atoms with Crippen LogP contribution in [0.4, 0.5) is 18.0 Å². The van der Waals surface area contributed by atoms with Gasteiger partial charge in [0.15, 0.2) is 0 Å². The minimum atomic E-state index is -4.33. The summed E-state index contributed by atoms with van der Waals surface area (Å²) in [6, 6.07) is 7.94. The van der Waals surface area contributed by atoms with Gasteiger partial charge in [-0.3, -0.25) is 0 Å². The van der Waals surface area contributed by atoms with E-state index in [4.69, 9.17) is 4.74 Å². The Kier molecular flexibility index (Phi) is 4.49. The van der Waals surface area contributed by atoms with Gasteiger partial charge in [-0.2, -0.15) is 13.2 Å². The van der Waals surface area contributed by atoms with Gasteiger partial charge in [-0.15, -0.1) is 0 Å². The predicted molar refractivity (Wildman–Crippen MR) is 66.0 cm³/mol. The minimum Gasteiger partial charge on any atom is -0.445 e.